The Morgan fingerprint density at radius 1 is 0.895 bits per heavy atom. The summed E-state index contributed by atoms with van der Waals surface area (Å²) in [4.78, 5) is 13.0. The van der Waals surface area contributed by atoms with Crippen LogP contribution in [-0.2, 0) is 14.8 Å². The first-order chi connectivity index (χ1) is 18.1. The van der Waals surface area contributed by atoms with Crippen LogP contribution in [0.4, 0.5) is 5.69 Å². The third kappa shape index (κ3) is 5.70. The lowest BCUT2D eigenvalue weighted by Gasteiger charge is -2.24. The number of aryl methyl sites for hydroxylation is 4. The number of sulfonamides is 1. The van der Waals surface area contributed by atoms with E-state index in [9.17, 15) is 13.2 Å². The molecule has 0 saturated carbocycles. The molecule has 8 heteroatoms. The summed E-state index contributed by atoms with van der Waals surface area (Å²) < 4.78 is 30.3. The van der Waals surface area contributed by atoms with Crippen molar-refractivity contribution in [3.8, 4) is 5.69 Å². The number of rotatable bonds is 8. The van der Waals surface area contributed by atoms with E-state index in [1.54, 1.807) is 42.6 Å². The maximum atomic E-state index is 13.5. The largest absolute Gasteiger partial charge is 0.318 e. The molecule has 196 valence electrons. The molecule has 4 rings (SSSR count). The number of nitrogens with zero attached hydrogens (tertiary/aromatic N) is 3. The van der Waals surface area contributed by atoms with Crippen LogP contribution in [0.15, 0.2) is 88.9 Å². The topological polar surface area (TPSA) is 83.8 Å². The van der Waals surface area contributed by atoms with Crippen molar-refractivity contribution in [1.82, 2.24) is 9.99 Å². The molecule has 0 fully saturated rings. The Bertz CT molecular complexity index is 1590. The van der Waals surface area contributed by atoms with Gasteiger partial charge in [-0.3, -0.25) is 9.10 Å². The van der Waals surface area contributed by atoms with Gasteiger partial charge in [-0.05, 0) is 76.6 Å². The quantitative estimate of drug-likeness (QED) is 0.247. The molecule has 3 aromatic carbocycles. The van der Waals surface area contributed by atoms with Crippen LogP contribution in [0.3, 0.4) is 0 Å². The average Bonchev–Trinajstić information content (AvgIpc) is 3.16. The van der Waals surface area contributed by atoms with Gasteiger partial charge in [0.05, 0.1) is 16.8 Å². The standard InChI is InChI=1S/C30H32N4O3S/c1-21-10-14-27(15-11-21)33(38(36,37)28-16-12-22(2)13-17-28)20-30(35)32-31-19-26-18-24(4)34(25(26)5)29-9-7-6-8-23(29)3/h6-19H,20H2,1-5H3,(H,32,35)/b31-19-. The zero-order valence-corrected chi connectivity index (χ0v) is 23.1. The van der Waals surface area contributed by atoms with E-state index in [2.05, 4.69) is 34.2 Å². The molecule has 0 aliphatic carbocycles. The van der Waals surface area contributed by atoms with Crippen molar-refractivity contribution in [1.29, 1.82) is 0 Å². The smallest absolute Gasteiger partial charge is 0.264 e. The highest BCUT2D eigenvalue weighted by Gasteiger charge is 2.27. The number of benzene rings is 3. The van der Waals surface area contributed by atoms with E-state index >= 15 is 0 Å². The second kappa shape index (κ2) is 11.1. The lowest BCUT2D eigenvalue weighted by molar-refractivity contribution is -0.119. The number of nitrogens with one attached hydrogen (secondary N) is 1. The number of amides is 1. The Kier molecular flexibility index (Phi) is 7.83. The maximum absolute atomic E-state index is 13.5. The van der Waals surface area contributed by atoms with E-state index < -0.39 is 22.5 Å². The number of hydrogen-bond acceptors (Lipinski definition) is 4. The lowest BCUT2D eigenvalue weighted by atomic mass is 10.2. The summed E-state index contributed by atoms with van der Waals surface area (Å²) in [5.74, 6) is -0.551. The molecule has 0 aliphatic rings. The predicted octanol–water partition coefficient (Wildman–Crippen LogP) is 5.37. The molecule has 0 radical (unpaired) electrons. The van der Waals surface area contributed by atoms with Crippen LogP contribution >= 0.6 is 0 Å². The fraction of sp³-hybridized carbons (Fsp3) is 0.200. The van der Waals surface area contributed by atoms with Gasteiger partial charge in [-0.2, -0.15) is 5.10 Å². The lowest BCUT2D eigenvalue weighted by Crippen LogP contribution is -2.39. The van der Waals surface area contributed by atoms with Crippen LogP contribution < -0.4 is 9.73 Å². The predicted molar refractivity (Wildman–Crippen MR) is 153 cm³/mol. The van der Waals surface area contributed by atoms with Gasteiger partial charge in [0.1, 0.15) is 6.54 Å². The van der Waals surface area contributed by atoms with Gasteiger partial charge in [0.25, 0.3) is 15.9 Å². The van der Waals surface area contributed by atoms with E-state index in [0.29, 0.717) is 5.69 Å². The number of carbonyl (C=O) groups is 1. The SMILES string of the molecule is Cc1ccc(N(CC(=O)N/N=C\c2cc(C)n(-c3ccccc3C)c2C)S(=O)(=O)c2ccc(C)cc2)cc1. The summed E-state index contributed by atoms with van der Waals surface area (Å²) in [7, 11) is -3.98. The Morgan fingerprint density at radius 2 is 1.50 bits per heavy atom. The minimum absolute atomic E-state index is 0.114. The summed E-state index contributed by atoms with van der Waals surface area (Å²) >= 11 is 0. The van der Waals surface area contributed by atoms with Crippen molar-refractivity contribution in [2.24, 2.45) is 5.10 Å². The Morgan fingerprint density at radius 3 is 2.13 bits per heavy atom. The minimum Gasteiger partial charge on any atom is -0.318 e. The Balaban J connectivity index is 1.56. The van der Waals surface area contributed by atoms with Crippen molar-refractivity contribution in [3.63, 3.8) is 0 Å². The number of carbonyl (C=O) groups excluding carboxylic acids is 1. The van der Waals surface area contributed by atoms with Gasteiger partial charge in [0, 0.05) is 22.6 Å². The van der Waals surface area contributed by atoms with Crippen LogP contribution in [-0.4, -0.2) is 31.7 Å². The molecule has 0 aliphatic heterocycles. The molecule has 0 spiro atoms. The van der Waals surface area contributed by atoms with E-state index in [4.69, 9.17) is 0 Å². The molecular formula is C30H32N4O3S. The third-order valence-corrected chi connectivity index (χ3v) is 8.23. The summed E-state index contributed by atoms with van der Waals surface area (Å²) in [6.07, 6.45) is 1.58. The first kappa shape index (κ1) is 26.9. The monoisotopic (exact) mass is 528 g/mol. The minimum atomic E-state index is -3.98. The van der Waals surface area contributed by atoms with Gasteiger partial charge in [-0.15, -0.1) is 0 Å². The fourth-order valence-corrected chi connectivity index (χ4v) is 5.73. The summed E-state index contributed by atoms with van der Waals surface area (Å²) in [5, 5.41) is 4.14. The van der Waals surface area contributed by atoms with Crippen molar-refractivity contribution >= 4 is 27.8 Å². The molecule has 1 N–H and O–H groups in total. The van der Waals surface area contributed by atoms with Gasteiger partial charge in [0.2, 0.25) is 0 Å². The highest BCUT2D eigenvalue weighted by Crippen LogP contribution is 2.25. The summed E-state index contributed by atoms with van der Waals surface area (Å²) in [5.41, 5.74) is 9.94. The van der Waals surface area contributed by atoms with Crippen LogP contribution in [0, 0.1) is 34.6 Å². The van der Waals surface area contributed by atoms with Crippen LogP contribution in [0.1, 0.15) is 33.6 Å². The molecule has 0 bridgehead atoms. The zero-order chi connectivity index (χ0) is 27.4. The van der Waals surface area contributed by atoms with Gasteiger partial charge in [-0.1, -0.05) is 53.6 Å². The van der Waals surface area contributed by atoms with Gasteiger partial charge >= 0.3 is 0 Å². The van der Waals surface area contributed by atoms with Crippen molar-refractivity contribution in [2.45, 2.75) is 39.5 Å². The molecule has 1 amide bonds. The third-order valence-electron chi connectivity index (χ3n) is 6.44. The highest BCUT2D eigenvalue weighted by atomic mass is 32.2. The van der Waals surface area contributed by atoms with Crippen molar-refractivity contribution in [3.05, 3.63) is 113 Å². The fourth-order valence-electron chi connectivity index (χ4n) is 4.31. The van der Waals surface area contributed by atoms with E-state index in [0.717, 1.165) is 43.6 Å². The van der Waals surface area contributed by atoms with Crippen molar-refractivity contribution < 1.29 is 13.2 Å². The summed E-state index contributed by atoms with van der Waals surface area (Å²) in [6, 6.07) is 23.7. The maximum Gasteiger partial charge on any atom is 0.264 e. The molecule has 7 nitrogen and oxygen atoms in total. The van der Waals surface area contributed by atoms with E-state index in [1.165, 1.54) is 0 Å². The molecular weight excluding hydrogens is 496 g/mol. The molecule has 0 saturated heterocycles. The molecule has 0 atom stereocenters. The summed E-state index contributed by atoms with van der Waals surface area (Å²) in [6.45, 7) is 9.46. The second-order valence-electron chi connectivity index (χ2n) is 9.40. The van der Waals surface area contributed by atoms with Crippen LogP contribution in [0.25, 0.3) is 5.69 Å². The van der Waals surface area contributed by atoms with Gasteiger partial charge in [-0.25, -0.2) is 13.8 Å². The second-order valence-corrected chi connectivity index (χ2v) is 11.3. The Labute approximate surface area is 224 Å². The molecule has 0 unspecified atom stereocenters. The first-order valence-corrected chi connectivity index (χ1v) is 13.7. The van der Waals surface area contributed by atoms with Gasteiger partial charge in [0.15, 0.2) is 0 Å². The van der Waals surface area contributed by atoms with E-state index in [1.807, 2.05) is 58.0 Å². The number of hydrazone groups is 1. The molecule has 1 aromatic heterocycles. The number of hydrogen-bond donors (Lipinski definition) is 1. The highest BCUT2D eigenvalue weighted by molar-refractivity contribution is 7.92. The normalized spacial score (nSPS) is 11.6. The Hall–Kier alpha value is -4.17. The number of para-hydroxylation sites is 1. The molecule has 38 heavy (non-hydrogen) atoms. The van der Waals surface area contributed by atoms with Gasteiger partial charge < -0.3 is 4.57 Å². The van der Waals surface area contributed by atoms with Crippen molar-refractivity contribution in [2.75, 3.05) is 10.8 Å². The first-order valence-electron chi connectivity index (χ1n) is 12.3. The van der Waals surface area contributed by atoms with Crippen LogP contribution in [0.2, 0.25) is 0 Å². The molecule has 4 aromatic rings. The van der Waals surface area contributed by atoms with E-state index in [-0.39, 0.29) is 4.90 Å². The zero-order valence-electron chi connectivity index (χ0n) is 22.3. The average molecular weight is 529 g/mol. The number of aromatic nitrogens is 1. The number of anilines is 1. The van der Waals surface area contributed by atoms with Crippen LogP contribution in [0.5, 0.6) is 0 Å². The molecule has 1 heterocycles.